The van der Waals surface area contributed by atoms with Gasteiger partial charge in [0.1, 0.15) is 0 Å². The van der Waals surface area contributed by atoms with Crippen molar-refractivity contribution in [2.24, 2.45) is 5.92 Å². The highest BCUT2D eigenvalue weighted by atomic mass is 35.5. The van der Waals surface area contributed by atoms with Crippen LogP contribution in [0.4, 0.5) is 4.39 Å². The molecule has 1 atom stereocenters. The standard InChI is InChI=1S/C11H14ClFOS/c1-2-8(7-15)6-14-11-9(12)4-3-5-10(11)13/h3-5,8,15H,2,6-7H2,1H3. The van der Waals surface area contributed by atoms with Crippen LogP contribution >= 0.6 is 24.2 Å². The van der Waals surface area contributed by atoms with Gasteiger partial charge in [-0.1, -0.05) is 24.6 Å². The van der Waals surface area contributed by atoms with E-state index in [1.165, 1.54) is 6.07 Å². The van der Waals surface area contributed by atoms with Gasteiger partial charge in [0.25, 0.3) is 0 Å². The molecule has 0 N–H and O–H groups in total. The molecule has 1 unspecified atom stereocenters. The zero-order chi connectivity index (χ0) is 11.3. The van der Waals surface area contributed by atoms with Gasteiger partial charge in [-0.25, -0.2) is 4.39 Å². The Morgan fingerprint density at radius 2 is 2.27 bits per heavy atom. The summed E-state index contributed by atoms with van der Waals surface area (Å²) < 4.78 is 18.6. The van der Waals surface area contributed by atoms with E-state index in [2.05, 4.69) is 12.6 Å². The van der Waals surface area contributed by atoms with E-state index in [1.54, 1.807) is 12.1 Å². The molecule has 1 aromatic carbocycles. The Bertz CT molecular complexity index is 295. The topological polar surface area (TPSA) is 9.23 Å². The normalized spacial score (nSPS) is 12.5. The quantitative estimate of drug-likeness (QED) is 0.780. The Morgan fingerprint density at radius 3 is 2.80 bits per heavy atom. The van der Waals surface area contributed by atoms with Crippen molar-refractivity contribution in [3.8, 4) is 5.75 Å². The molecule has 1 aromatic rings. The van der Waals surface area contributed by atoms with Crippen LogP contribution in [0.1, 0.15) is 13.3 Å². The van der Waals surface area contributed by atoms with Crippen LogP contribution in [-0.4, -0.2) is 12.4 Å². The molecule has 0 bridgehead atoms. The molecule has 0 aliphatic rings. The summed E-state index contributed by atoms with van der Waals surface area (Å²) >= 11 is 10.0. The third kappa shape index (κ3) is 3.58. The number of ether oxygens (including phenoxy) is 1. The van der Waals surface area contributed by atoms with Crippen LogP contribution in [0.15, 0.2) is 18.2 Å². The van der Waals surface area contributed by atoms with Gasteiger partial charge in [-0.2, -0.15) is 12.6 Å². The lowest BCUT2D eigenvalue weighted by Gasteiger charge is -2.14. The molecule has 1 rings (SSSR count). The second kappa shape index (κ2) is 6.23. The minimum atomic E-state index is -0.420. The maximum Gasteiger partial charge on any atom is 0.173 e. The van der Waals surface area contributed by atoms with Crippen molar-refractivity contribution >= 4 is 24.2 Å². The SMILES string of the molecule is CCC(CS)COc1c(F)cccc1Cl. The summed E-state index contributed by atoms with van der Waals surface area (Å²) in [6.07, 6.45) is 0.954. The number of rotatable bonds is 5. The average molecular weight is 249 g/mol. The van der Waals surface area contributed by atoms with Crippen molar-refractivity contribution < 1.29 is 9.13 Å². The second-order valence-corrected chi connectivity index (χ2v) is 4.09. The number of para-hydroxylation sites is 1. The largest absolute Gasteiger partial charge is 0.489 e. The molecule has 0 saturated carbocycles. The molecule has 0 saturated heterocycles. The molecule has 0 heterocycles. The fourth-order valence-corrected chi connectivity index (χ4v) is 1.70. The molecular formula is C11H14ClFOS. The summed E-state index contributed by atoms with van der Waals surface area (Å²) in [4.78, 5) is 0. The summed E-state index contributed by atoms with van der Waals surface area (Å²) in [5.74, 6) is 0.766. The van der Waals surface area contributed by atoms with Crippen molar-refractivity contribution in [1.82, 2.24) is 0 Å². The van der Waals surface area contributed by atoms with Crippen molar-refractivity contribution in [3.05, 3.63) is 29.0 Å². The first kappa shape index (κ1) is 12.7. The molecule has 0 spiro atoms. The van der Waals surface area contributed by atoms with Gasteiger partial charge in [0.15, 0.2) is 11.6 Å². The first-order valence-corrected chi connectivity index (χ1v) is 5.87. The number of halogens is 2. The summed E-state index contributed by atoms with van der Waals surface area (Å²) in [5, 5.41) is 0.309. The molecule has 0 aliphatic carbocycles. The van der Waals surface area contributed by atoms with E-state index in [9.17, 15) is 4.39 Å². The Balaban J connectivity index is 2.64. The van der Waals surface area contributed by atoms with Crippen LogP contribution in [-0.2, 0) is 0 Å². The minimum absolute atomic E-state index is 0.138. The monoisotopic (exact) mass is 248 g/mol. The van der Waals surface area contributed by atoms with E-state index >= 15 is 0 Å². The molecule has 0 fully saturated rings. The first-order chi connectivity index (χ1) is 7.19. The van der Waals surface area contributed by atoms with Crippen LogP contribution < -0.4 is 4.74 Å². The van der Waals surface area contributed by atoms with E-state index in [-0.39, 0.29) is 5.75 Å². The Kier molecular flexibility index (Phi) is 5.26. The lowest BCUT2D eigenvalue weighted by atomic mass is 10.1. The number of hydrogen-bond acceptors (Lipinski definition) is 2. The van der Waals surface area contributed by atoms with Gasteiger partial charge in [0.05, 0.1) is 11.6 Å². The number of benzene rings is 1. The Labute approximate surface area is 100.0 Å². The van der Waals surface area contributed by atoms with Crippen LogP contribution in [0.5, 0.6) is 5.75 Å². The van der Waals surface area contributed by atoms with Crippen molar-refractivity contribution in [1.29, 1.82) is 0 Å². The predicted octanol–water partition coefficient (Wildman–Crippen LogP) is 3.81. The zero-order valence-corrected chi connectivity index (χ0v) is 10.2. The van der Waals surface area contributed by atoms with Crippen LogP contribution in [0, 0.1) is 11.7 Å². The smallest absolute Gasteiger partial charge is 0.173 e. The summed E-state index contributed by atoms with van der Waals surface area (Å²) in [6, 6.07) is 4.50. The molecule has 0 radical (unpaired) electrons. The molecule has 0 aromatic heterocycles. The van der Waals surface area contributed by atoms with E-state index in [0.29, 0.717) is 17.5 Å². The van der Waals surface area contributed by atoms with E-state index in [4.69, 9.17) is 16.3 Å². The molecule has 1 nitrogen and oxygen atoms in total. The van der Waals surface area contributed by atoms with Gasteiger partial charge in [0.2, 0.25) is 0 Å². The lowest BCUT2D eigenvalue weighted by Crippen LogP contribution is -2.13. The first-order valence-electron chi connectivity index (χ1n) is 4.86. The van der Waals surface area contributed by atoms with E-state index in [0.717, 1.165) is 12.2 Å². The predicted molar refractivity (Wildman–Crippen MR) is 64.5 cm³/mol. The highest BCUT2D eigenvalue weighted by molar-refractivity contribution is 7.80. The molecule has 4 heteroatoms. The number of thiol groups is 1. The fourth-order valence-electron chi connectivity index (χ4n) is 1.12. The van der Waals surface area contributed by atoms with Crippen LogP contribution in [0.25, 0.3) is 0 Å². The third-order valence-electron chi connectivity index (χ3n) is 2.22. The van der Waals surface area contributed by atoms with Crippen LogP contribution in [0.2, 0.25) is 5.02 Å². The average Bonchev–Trinajstić information content (AvgIpc) is 2.23. The van der Waals surface area contributed by atoms with Gasteiger partial charge < -0.3 is 4.74 Å². The van der Waals surface area contributed by atoms with Crippen molar-refractivity contribution in [2.75, 3.05) is 12.4 Å². The molecule has 0 aliphatic heterocycles. The van der Waals surface area contributed by atoms with Gasteiger partial charge >= 0.3 is 0 Å². The van der Waals surface area contributed by atoms with Gasteiger partial charge in [-0.3, -0.25) is 0 Å². The Hall–Kier alpha value is -0.410. The van der Waals surface area contributed by atoms with E-state index in [1.807, 2.05) is 6.92 Å². The summed E-state index contributed by atoms with van der Waals surface area (Å²) in [5.41, 5.74) is 0. The molecule has 84 valence electrons. The molecule has 15 heavy (non-hydrogen) atoms. The van der Waals surface area contributed by atoms with Crippen LogP contribution in [0.3, 0.4) is 0 Å². The highest BCUT2D eigenvalue weighted by Crippen LogP contribution is 2.27. The van der Waals surface area contributed by atoms with Gasteiger partial charge in [-0.05, 0) is 24.3 Å². The van der Waals surface area contributed by atoms with Crippen molar-refractivity contribution in [3.63, 3.8) is 0 Å². The fraction of sp³-hybridized carbons (Fsp3) is 0.455. The van der Waals surface area contributed by atoms with Crippen molar-refractivity contribution in [2.45, 2.75) is 13.3 Å². The number of hydrogen-bond donors (Lipinski definition) is 1. The minimum Gasteiger partial charge on any atom is -0.489 e. The lowest BCUT2D eigenvalue weighted by molar-refractivity contribution is 0.249. The van der Waals surface area contributed by atoms with Gasteiger partial charge in [0, 0.05) is 5.92 Å². The third-order valence-corrected chi connectivity index (χ3v) is 3.03. The summed E-state index contributed by atoms with van der Waals surface area (Å²) in [7, 11) is 0. The molecule has 0 amide bonds. The second-order valence-electron chi connectivity index (χ2n) is 3.32. The van der Waals surface area contributed by atoms with Gasteiger partial charge in [-0.15, -0.1) is 0 Å². The maximum absolute atomic E-state index is 13.3. The zero-order valence-electron chi connectivity index (χ0n) is 8.54. The summed E-state index contributed by atoms with van der Waals surface area (Å²) in [6.45, 7) is 2.49. The van der Waals surface area contributed by atoms with E-state index < -0.39 is 5.82 Å². The maximum atomic E-state index is 13.3. The Morgan fingerprint density at radius 1 is 1.53 bits per heavy atom. The molecular weight excluding hydrogens is 235 g/mol. The highest BCUT2D eigenvalue weighted by Gasteiger charge is 2.10.